The van der Waals surface area contributed by atoms with Crippen LogP contribution in [0, 0.1) is 0 Å². The van der Waals surface area contributed by atoms with Gasteiger partial charge in [0, 0.05) is 14.1 Å². The van der Waals surface area contributed by atoms with Crippen molar-refractivity contribution < 1.29 is 9.47 Å². The van der Waals surface area contributed by atoms with E-state index >= 15 is 0 Å². The molecule has 0 saturated heterocycles. The number of hydrogen-bond acceptors (Lipinski definition) is 3. The van der Waals surface area contributed by atoms with E-state index in [9.17, 15) is 0 Å². The summed E-state index contributed by atoms with van der Waals surface area (Å²) >= 11 is 5.14. The minimum absolute atomic E-state index is 0.00111. The first-order chi connectivity index (χ1) is 8.20. The molecule has 17 heavy (non-hydrogen) atoms. The van der Waals surface area contributed by atoms with E-state index in [4.69, 9.17) is 21.7 Å². The molecule has 1 aliphatic heterocycles. The Kier molecular flexibility index (Phi) is 3.68. The molecular formula is C12H16N2O2S. The van der Waals surface area contributed by atoms with Gasteiger partial charge in [-0.05, 0) is 24.4 Å². The van der Waals surface area contributed by atoms with Crippen molar-refractivity contribution in [2.45, 2.75) is 6.10 Å². The summed E-state index contributed by atoms with van der Waals surface area (Å²) in [5.74, 6) is 1.61. The molecule has 0 aliphatic carbocycles. The highest BCUT2D eigenvalue weighted by Gasteiger charge is 2.22. The second kappa shape index (κ2) is 5.23. The number of fused-ring (bicyclic) bond motifs is 1. The third-order valence-electron chi connectivity index (χ3n) is 2.61. The average molecular weight is 252 g/mol. The molecule has 0 unspecified atom stereocenters. The van der Waals surface area contributed by atoms with Crippen LogP contribution in [-0.2, 0) is 0 Å². The number of rotatable bonds is 2. The van der Waals surface area contributed by atoms with Crippen molar-refractivity contribution in [2.24, 2.45) is 0 Å². The van der Waals surface area contributed by atoms with Crippen LogP contribution in [0.5, 0.6) is 11.5 Å². The Balaban J connectivity index is 1.96. The van der Waals surface area contributed by atoms with Gasteiger partial charge in [-0.1, -0.05) is 12.1 Å². The van der Waals surface area contributed by atoms with Gasteiger partial charge in [0.1, 0.15) is 6.61 Å². The quantitative estimate of drug-likeness (QED) is 0.802. The van der Waals surface area contributed by atoms with Gasteiger partial charge in [0.05, 0.1) is 6.54 Å². The summed E-state index contributed by atoms with van der Waals surface area (Å²) in [5.41, 5.74) is 0. The van der Waals surface area contributed by atoms with Crippen LogP contribution >= 0.6 is 12.2 Å². The standard InChI is InChI=1S/C12H16N2O2S/c1-13-12(17)14(2)7-9-8-15-10-5-3-4-6-11(10)16-9/h3-6,9H,7-8H2,1-2H3,(H,13,17)/t9-/m0/s1. The molecule has 1 atom stereocenters. The molecule has 0 saturated carbocycles. The summed E-state index contributed by atoms with van der Waals surface area (Å²) in [6, 6.07) is 7.70. The Morgan fingerprint density at radius 3 is 2.88 bits per heavy atom. The number of hydrogen-bond donors (Lipinski definition) is 1. The number of benzene rings is 1. The maximum absolute atomic E-state index is 5.84. The summed E-state index contributed by atoms with van der Waals surface area (Å²) in [7, 11) is 3.75. The number of ether oxygens (including phenoxy) is 2. The number of nitrogens with one attached hydrogen (secondary N) is 1. The molecule has 0 amide bonds. The van der Waals surface area contributed by atoms with E-state index in [-0.39, 0.29) is 6.10 Å². The lowest BCUT2D eigenvalue weighted by atomic mass is 10.2. The van der Waals surface area contributed by atoms with Crippen LogP contribution in [0.3, 0.4) is 0 Å². The fourth-order valence-electron chi connectivity index (χ4n) is 1.73. The Labute approximate surface area is 107 Å². The molecule has 0 spiro atoms. The average Bonchev–Trinajstić information content (AvgIpc) is 2.37. The molecule has 0 aromatic heterocycles. The van der Waals surface area contributed by atoms with Crippen LogP contribution in [0.25, 0.3) is 0 Å². The minimum Gasteiger partial charge on any atom is -0.486 e. The first-order valence-electron chi connectivity index (χ1n) is 5.52. The third-order valence-corrected chi connectivity index (χ3v) is 3.12. The van der Waals surface area contributed by atoms with E-state index in [1.807, 2.05) is 43.3 Å². The lowest BCUT2D eigenvalue weighted by Gasteiger charge is -2.30. The lowest BCUT2D eigenvalue weighted by Crippen LogP contribution is -2.44. The summed E-state index contributed by atoms with van der Waals surface area (Å²) in [5, 5.41) is 3.64. The maximum atomic E-state index is 5.84. The van der Waals surface area contributed by atoms with Gasteiger partial charge in [-0.3, -0.25) is 0 Å². The molecule has 0 radical (unpaired) electrons. The monoisotopic (exact) mass is 252 g/mol. The number of likely N-dealkylation sites (N-methyl/N-ethyl adjacent to an activating group) is 1. The molecular weight excluding hydrogens is 236 g/mol. The van der Waals surface area contributed by atoms with Gasteiger partial charge >= 0.3 is 0 Å². The van der Waals surface area contributed by atoms with Crippen LogP contribution < -0.4 is 14.8 Å². The smallest absolute Gasteiger partial charge is 0.168 e. The van der Waals surface area contributed by atoms with Crippen LogP contribution in [0.1, 0.15) is 0 Å². The highest BCUT2D eigenvalue weighted by Crippen LogP contribution is 2.30. The molecule has 4 nitrogen and oxygen atoms in total. The van der Waals surface area contributed by atoms with Gasteiger partial charge in [0.2, 0.25) is 0 Å². The van der Waals surface area contributed by atoms with Crippen LogP contribution in [0.15, 0.2) is 24.3 Å². The second-order valence-corrected chi connectivity index (χ2v) is 4.32. The normalized spacial score (nSPS) is 17.4. The van der Waals surface area contributed by atoms with Crippen LogP contribution in [0.4, 0.5) is 0 Å². The molecule has 1 heterocycles. The predicted molar refractivity (Wildman–Crippen MR) is 70.6 cm³/mol. The van der Waals surface area contributed by atoms with E-state index in [0.29, 0.717) is 18.3 Å². The summed E-state index contributed by atoms with van der Waals surface area (Å²) in [4.78, 5) is 1.94. The Morgan fingerprint density at radius 2 is 2.18 bits per heavy atom. The summed E-state index contributed by atoms with van der Waals surface area (Å²) in [6.07, 6.45) is 0.00111. The Hall–Kier alpha value is -1.49. The second-order valence-electron chi connectivity index (χ2n) is 3.93. The summed E-state index contributed by atoms with van der Waals surface area (Å²) in [6.45, 7) is 1.25. The van der Waals surface area contributed by atoms with Crippen molar-refractivity contribution in [3.05, 3.63) is 24.3 Å². The summed E-state index contributed by atoms with van der Waals surface area (Å²) < 4.78 is 11.5. The molecule has 1 aromatic carbocycles. The highest BCUT2D eigenvalue weighted by atomic mass is 32.1. The zero-order valence-corrected chi connectivity index (χ0v) is 10.8. The maximum Gasteiger partial charge on any atom is 0.168 e. The van der Waals surface area contributed by atoms with Crippen molar-refractivity contribution in [3.8, 4) is 11.5 Å². The third kappa shape index (κ3) is 2.79. The van der Waals surface area contributed by atoms with Crippen molar-refractivity contribution in [1.82, 2.24) is 10.2 Å². The predicted octanol–water partition coefficient (Wildman–Crippen LogP) is 1.26. The molecule has 1 N–H and O–H groups in total. The number of para-hydroxylation sites is 2. The van der Waals surface area contributed by atoms with Crippen molar-refractivity contribution >= 4 is 17.3 Å². The first kappa shape index (κ1) is 12.0. The molecule has 1 aromatic rings. The Bertz CT molecular complexity index is 411. The molecule has 2 rings (SSSR count). The van der Waals surface area contributed by atoms with E-state index in [2.05, 4.69) is 5.32 Å². The van der Waals surface area contributed by atoms with Gasteiger partial charge in [0.25, 0.3) is 0 Å². The van der Waals surface area contributed by atoms with Crippen molar-refractivity contribution in [1.29, 1.82) is 0 Å². The van der Waals surface area contributed by atoms with Crippen molar-refractivity contribution in [3.63, 3.8) is 0 Å². The van der Waals surface area contributed by atoms with E-state index in [1.54, 1.807) is 0 Å². The van der Waals surface area contributed by atoms with E-state index < -0.39 is 0 Å². The van der Waals surface area contributed by atoms with Gasteiger partial charge in [-0.2, -0.15) is 0 Å². The molecule has 92 valence electrons. The lowest BCUT2D eigenvalue weighted by molar-refractivity contribution is 0.0780. The zero-order chi connectivity index (χ0) is 12.3. The largest absolute Gasteiger partial charge is 0.486 e. The number of nitrogens with zero attached hydrogens (tertiary/aromatic N) is 1. The van der Waals surface area contributed by atoms with Crippen molar-refractivity contribution in [2.75, 3.05) is 27.2 Å². The van der Waals surface area contributed by atoms with Gasteiger partial charge in [0.15, 0.2) is 22.7 Å². The van der Waals surface area contributed by atoms with Gasteiger partial charge in [-0.25, -0.2) is 0 Å². The molecule has 1 aliphatic rings. The van der Waals surface area contributed by atoms with Gasteiger partial charge < -0.3 is 19.7 Å². The van der Waals surface area contributed by atoms with Gasteiger partial charge in [-0.15, -0.1) is 0 Å². The topological polar surface area (TPSA) is 33.7 Å². The molecule has 5 heteroatoms. The SMILES string of the molecule is CNC(=S)N(C)C[C@H]1COc2ccccc2O1. The first-order valence-corrected chi connectivity index (χ1v) is 5.93. The van der Waals surface area contributed by atoms with E-state index in [1.165, 1.54) is 0 Å². The molecule has 0 fully saturated rings. The minimum atomic E-state index is 0.00111. The fourth-order valence-corrected chi connectivity index (χ4v) is 1.81. The Morgan fingerprint density at radius 1 is 1.47 bits per heavy atom. The highest BCUT2D eigenvalue weighted by molar-refractivity contribution is 7.80. The van der Waals surface area contributed by atoms with Crippen LogP contribution in [-0.4, -0.2) is 43.4 Å². The van der Waals surface area contributed by atoms with E-state index in [0.717, 1.165) is 11.5 Å². The van der Waals surface area contributed by atoms with Crippen LogP contribution in [0.2, 0.25) is 0 Å². The number of thiocarbonyl (C=S) groups is 1. The fraction of sp³-hybridized carbons (Fsp3) is 0.417. The molecule has 0 bridgehead atoms. The zero-order valence-electron chi connectivity index (χ0n) is 9.97.